The molecule has 1 aromatic heterocycles. The molecular formula is C11H13N3O3. The third-order valence-corrected chi connectivity index (χ3v) is 2.46. The molecule has 0 spiro atoms. The zero-order valence-corrected chi connectivity index (χ0v) is 9.32. The second kappa shape index (κ2) is 4.42. The van der Waals surface area contributed by atoms with Crippen LogP contribution in [0.2, 0.25) is 0 Å². The third kappa shape index (κ3) is 2.36. The molecule has 0 aliphatic heterocycles. The largest absolute Gasteiger partial charge is 0.417 e. The van der Waals surface area contributed by atoms with E-state index >= 15 is 0 Å². The molecule has 2 aromatic rings. The number of aromatic amines is 1. The second-order valence-electron chi connectivity index (χ2n) is 3.73. The number of fused-ring (bicyclic) bond motifs is 1. The van der Waals surface area contributed by atoms with Crippen molar-refractivity contribution in [1.82, 2.24) is 4.98 Å². The van der Waals surface area contributed by atoms with E-state index in [4.69, 9.17) is 10.2 Å². The topological polar surface area (TPSA) is 101 Å². The van der Waals surface area contributed by atoms with E-state index in [-0.39, 0.29) is 5.91 Å². The van der Waals surface area contributed by atoms with Gasteiger partial charge in [0.25, 0.3) is 0 Å². The molecule has 0 fully saturated rings. The average Bonchev–Trinajstić information content (AvgIpc) is 2.67. The monoisotopic (exact) mass is 235 g/mol. The smallest absolute Gasteiger partial charge is 0.408 e. The maximum Gasteiger partial charge on any atom is 0.417 e. The Bertz CT molecular complexity index is 599. The lowest BCUT2D eigenvalue weighted by Crippen LogP contribution is -2.34. The number of anilines is 1. The number of hydrogen-bond donors (Lipinski definition) is 3. The summed E-state index contributed by atoms with van der Waals surface area (Å²) in [5, 5.41) is 2.67. The molecular weight excluding hydrogens is 222 g/mol. The lowest BCUT2D eigenvalue weighted by atomic mass is 10.2. The van der Waals surface area contributed by atoms with Crippen molar-refractivity contribution in [2.75, 3.05) is 5.32 Å². The van der Waals surface area contributed by atoms with Gasteiger partial charge in [-0.25, -0.2) is 4.79 Å². The second-order valence-corrected chi connectivity index (χ2v) is 3.73. The predicted molar refractivity (Wildman–Crippen MR) is 63.7 cm³/mol. The number of carbonyl (C=O) groups excluding carboxylic acids is 1. The Morgan fingerprint density at radius 2 is 2.35 bits per heavy atom. The van der Waals surface area contributed by atoms with Crippen LogP contribution in [0.5, 0.6) is 0 Å². The van der Waals surface area contributed by atoms with Crippen molar-refractivity contribution in [3.63, 3.8) is 0 Å². The highest BCUT2D eigenvalue weighted by molar-refractivity contribution is 5.96. The Balaban J connectivity index is 2.24. The summed E-state index contributed by atoms with van der Waals surface area (Å²) in [6, 6.07) is 4.36. The highest BCUT2D eigenvalue weighted by Crippen LogP contribution is 2.16. The molecule has 2 rings (SSSR count). The summed E-state index contributed by atoms with van der Waals surface area (Å²) < 4.78 is 4.85. The molecule has 90 valence electrons. The summed E-state index contributed by atoms with van der Waals surface area (Å²) in [4.78, 5) is 25.0. The number of nitrogens with two attached hydrogens (primary N) is 1. The lowest BCUT2D eigenvalue weighted by molar-refractivity contribution is -0.117. The first kappa shape index (κ1) is 11.4. The van der Waals surface area contributed by atoms with E-state index in [1.165, 1.54) is 0 Å². The van der Waals surface area contributed by atoms with Crippen LogP contribution in [0.25, 0.3) is 11.1 Å². The number of carbonyl (C=O) groups is 1. The molecule has 0 aliphatic carbocycles. The average molecular weight is 235 g/mol. The Kier molecular flexibility index (Phi) is 2.97. The Hall–Kier alpha value is -2.08. The van der Waals surface area contributed by atoms with Crippen LogP contribution in [0.3, 0.4) is 0 Å². The molecule has 1 heterocycles. The minimum absolute atomic E-state index is 0.252. The van der Waals surface area contributed by atoms with E-state index in [2.05, 4.69) is 10.3 Å². The maximum absolute atomic E-state index is 11.6. The minimum atomic E-state index is -0.533. The molecule has 6 heteroatoms. The van der Waals surface area contributed by atoms with E-state index in [9.17, 15) is 9.59 Å². The van der Waals surface area contributed by atoms with Gasteiger partial charge < -0.3 is 15.5 Å². The van der Waals surface area contributed by atoms with Crippen LogP contribution in [-0.2, 0) is 4.79 Å². The van der Waals surface area contributed by atoms with Gasteiger partial charge in [0.15, 0.2) is 5.58 Å². The normalized spacial score (nSPS) is 12.6. The van der Waals surface area contributed by atoms with Gasteiger partial charge in [0.2, 0.25) is 5.91 Å². The Morgan fingerprint density at radius 1 is 1.59 bits per heavy atom. The van der Waals surface area contributed by atoms with Crippen molar-refractivity contribution in [2.24, 2.45) is 5.73 Å². The number of oxazole rings is 1. The first-order valence-corrected chi connectivity index (χ1v) is 5.29. The number of amides is 1. The minimum Gasteiger partial charge on any atom is -0.408 e. The summed E-state index contributed by atoms with van der Waals surface area (Å²) in [6.45, 7) is 1.83. The number of hydrogen-bond acceptors (Lipinski definition) is 4. The Morgan fingerprint density at radius 3 is 3.06 bits per heavy atom. The van der Waals surface area contributed by atoms with Crippen LogP contribution in [0.15, 0.2) is 27.4 Å². The summed E-state index contributed by atoms with van der Waals surface area (Å²) >= 11 is 0. The van der Waals surface area contributed by atoms with E-state index in [0.29, 0.717) is 23.2 Å². The summed E-state index contributed by atoms with van der Waals surface area (Å²) in [6.07, 6.45) is 0.566. The molecule has 4 N–H and O–H groups in total. The molecule has 0 saturated carbocycles. The molecule has 0 saturated heterocycles. The van der Waals surface area contributed by atoms with E-state index in [1.54, 1.807) is 18.2 Å². The first-order valence-electron chi connectivity index (χ1n) is 5.29. The fourth-order valence-electron chi connectivity index (χ4n) is 1.45. The predicted octanol–water partition coefficient (Wildman–Crippen LogP) is 0.797. The van der Waals surface area contributed by atoms with Gasteiger partial charge in [-0.1, -0.05) is 6.92 Å². The van der Waals surface area contributed by atoms with Gasteiger partial charge in [-0.2, -0.15) is 0 Å². The van der Waals surface area contributed by atoms with Crippen molar-refractivity contribution < 1.29 is 9.21 Å². The van der Waals surface area contributed by atoms with E-state index in [0.717, 1.165) is 0 Å². The number of nitrogens with one attached hydrogen (secondary N) is 2. The molecule has 17 heavy (non-hydrogen) atoms. The van der Waals surface area contributed by atoms with Gasteiger partial charge in [0, 0.05) is 5.69 Å². The van der Waals surface area contributed by atoms with Gasteiger partial charge in [-0.15, -0.1) is 0 Å². The Labute approximate surface area is 96.8 Å². The number of benzene rings is 1. The molecule has 1 unspecified atom stereocenters. The van der Waals surface area contributed by atoms with Crippen molar-refractivity contribution in [2.45, 2.75) is 19.4 Å². The van der Waals surface area contributed by atoms with Gasteiger partial charge in [-0.3, -0.25) is 9.78 Å². The van der Waals surface area contributed by atoms with Gasteiger partial charge in [0.05, 0.1) is 11.6 Å². The molecule has 0 bridgehead atoms. The van der Waals surface area contributed by atoms with Crippen LogP contribution < -0.4 is 16.8 Å². The lowest BCUT2D eigenvalue weighted by Gasteiger charge is -2.09. The SMILES string of the molecule is CCC(N)C(=O)Nc1ccc2oc(=O)[nH]c2c1. The van der Waals surface area contributed by atoms with Crippen LogP contribution in [0, 0.1) is 0 Å². The summed E-state index contributed by atoms with van der Waals surface area (Å²) in [7, 11) is 0. The first-order chi connectivity index (χ1) is 8.10. The standard InChI is InChI=1S/C11H13N3O3/c1-2-7(12)10(15)13-6-3-4-9-8(5-6)14-11(16)17-9/h3-5,7H,2,12H2,1H3,(H,13,15)(H,14,16). The zero-order chi connectivity index (χ0) is 12.4. The third-order valence-electron chi connectivity index (χ3n) is 2.46. The molecule has 6 nitrogen and oxygen atoms in total. The number of H-pyrrole nitrogens is 1. The van der Waals surface area contributed by atoms with Gasteiger partial charge in [-0.05, 0) is 24.6 Å². The van der Waals surface area contributed by atoms with E-state index < -0.39 is 11.8 Å². The van der Waals surface area contributed by atoms with Crippen molar-refractivity contribution in [3.05, 3.63) is 28.7 Å². The highest BCUT2D eigenvalue weighted by Gasteiger charge is 2.11. The quantitative estimate of drug-likeness (QED) is 0.732. The van der Waals surface area contributed by atoms with Crippen LogP contribution in [-0.4, -0.2) is 16.9 Å². The number of aromatic nitrogens is 1. The van der Waals surface area contributed by atoms with Gasteiger partial charge >= 0.3 is 5.76 Å². The van der Waals surface area contributed by atoms with Gasteiger partial charge in [0.1, 0.15) is 0 Å². The van der Waals surface area contributed by atoms with Crippen molar-refractivity contribution >= 4 is 22.7 Å². The molecule has 1 amide bonds. The summed E-state index contributed by atoms with van der Waals surface area (Å²) in [5.41, 5.74) is 7.16. The fraction of sp³-hybridized carbons (Fsp3) is 0.273. The van der Waals surface area contributed by atoms with Crippen molar-refractivity contribution in [1.29, 1.82) is 0 Å². The summed E-state index contributed by atoms with van der Waals surface area (Å²) in [5.74, 6) is -0.772. The van der Waals surface area contributed by atoms with Crippen LogP contribution >= 0.6 is 0 Å². The van der Waals surface area contributed by atoms with Crippen LogP contribution in [0.1, 0.15) is 13.3 Å². The molecule has 0 radical (unpaired) electrons. The number of rotatable bonds is 3. The maximum atomic E-state index is 11.6. The highest BCUT2D eigenvalue weighted by atomic mass is 16.4. The van der Waals surface area contributed by atoms with Crippen molar-refractivity contribution in [3.8, 4) is 0 Å². The zero-order valence-electron chi connectivity index (χ0n) is 9.32. The van der Waals surface area contributed by atoms with E-state index in [1.807, 2.05) is 6.92 Å². The van der Waals surface area contributed by atoms with Crippen LogP contribution in [0.4, 0.5) is 5.69 Å². The fourth-order valence-corrected chi connectivity index (χ4v) is 1.45. The molecule has 1 atom stereocenters. The molecule has 0 aliphatic rings. The molecule has 1 aromatic carbocycles.